The lowest BCUT2D eigenvalue weighted by Gasteiger charge is -2.00. The highest BCUT2D eigenvalue weighted by Gasteiger charge is 2.18. The maximum atomic E-state index is 12.3. The molecule has 2 aromatic heterocycles. The highest BCUT2D eigenvalue weighted by Crippen LogP contribution is 2.25. The molecule has 0 unspecified atom stereocenters. The van der Waals surface area contributed by atoms with Crippen LogP contribution in [0.25, 0.3) is 11.0 Å². The second kappa shape index (κ2) is 4.79. The van der Waals surface area contributed by atoms with Crippen molar-refractivity contribution >= 4 is 38.5 Å². The molecule has 20 heavy (non-hydrogen) atoms. The van der Waals surface area contributed by atoms with Gasteiger partial charge in [-0.2, -0.15) is 0 Å². The summed E-state index contributed by atoms with van der Waals surface area (Å²) in [6.07, 6.45) is 0. The van der Waals surface area contributed by atoms with E-state index in [1.54, 1.807) is 25.1 Å². The molecule has 1 amide bonds. The molecule has 0 saturated heterocycles. The fourth-order valence-electron chi connectivity index (χ4n) is 2.01. The maximum absolute atomic E-state index is 12.3. The molecule has 102 valence electrons. The SMILES string of the molecule is Cc1cc(NC(=O)c2noc3ccc(Br)cc23)c(C)o1. The molecule has 6 heteroatoms. The van der Waals surface area contributed by atoms with Crippen molar-refractivity contribution in [2.75, 3.05) is 5.32 Å². The van der Waals surface area contributed by atoms with Gasteiger partial charge in [-0.3, -0.25) is 4.79 Å². The molecule has 3 rings (SSSR count). The number of hydrogen-bond acceptors (Lipinski definition) is 4. The third-order valence-electron chi connectivity index (χ3n) is 2.94. The molecule has 0 fully saturated rings. The molecule has 0 bridgehead atoms. The number of benzene rings is 1. The molecule has 0 spiro atoms. The zero-order chi connectivity index (χ0) is 14.3. The van der Waals surface area contributed by atoms with Crippen molar-refractivity contribution in [3.05, 3.63) is 46.0 Å². The lowest BCUT2D eigenvalue weighted by Crippen LogP contribution is -2.12. The van der Waals surface area contributed by atoms with Gasteiger partial charge in [0.15, 0.2) is 11.3 Å². The molecule has 0 aliphatic carbocycles. The van der Waals surface area contributed by atoms with Gasteiger partial charge in [-0.1, -0.05) is 21.1 Å². The molecule has 0 atom stereocenters. The van der Waals surface area contributed by atoms with E-state index in [0.717, 1.165) is 10.2 Å². The van der Waals surface area contributed by atoms with E-state index >= 15 is 0 Å². The average molecular weight is 335 g/mol. The highest BCUT2D eigenvalue weighted by atomic mass is 79.9. The summed E-state index contributed by atoms with van der Waals surface area (Å²) in [5.74, 6) is 1.07. The van der Waals surface area contributed by atoms with E-state index < -0.39 is 0 Å². The number of anilines is 1. The molecule has 0 saturated carbocycles. The first kappa shape index (κ1) is 12.9. The van der Waals surface area contributed by atoms with Gasteiger partial charge in [-0.25, -0.2) is 0 Å². The molecule has 1 aromatic carbocycles. The maximum Gasteiger partial charge on any atom is 0.278 e. The first-order valence-corrected chi connectivity index (χ1v) is 6.77. The normalized spacial score (nSPS) is 10.9. The van der Waals surface area contributed by atoms with Crippen molar-refractivity contribution in [2.45, 2.75) is 13.8 Å². The first-order valence-electron chi connectivity index (χ1n) is 5.98. The minimum absolute atomic E-state index is 0.250. The van der Waals surface area contributed by atoms with Crippen molar-refractivity contribution in [3.63, 3.8) is 0 Å². The van der Waals surface area contributed by atoms with Gasteiger partial charge in [0, 0.05) is 10.5 Å². The summed E-state index contributed by atoms with van der Waals surface area (Å²) in [5, 5.41) is 7.27. The van der Waals surface area contributed by atoms with E-state index in [1.807, 2.05) is 13.0 Å². The molecule has 0 aliphatic heterocycles. The third-order valence-corrected chi connectivity index (χ3v) is 3.43. The standard InChI is InChI=1S/C14H11BrN2O3/c1-7-5-11(8(2)19-7)16-14(18)13-10-6-9(15)3-4-12(10)20-17-13/h3-6H,1-2H3,(H,16,18). The van der Waals surface area contributed by atoms with Crippen LogP contribution in [0.1, 0.15) is 22.0 Å². The number of rotatable bonds is 2. The van der Waals surface area contributed by atoms with Crippen LogP contribution in [0, 0.1) is 13.8 Å². The van der Waals surface area contributed by atoms with Gasteiger partial charge in [0.1, 0.15) is 11.5 Å². The molecule has 5 nitrogen and oxygen atoms in total. The quantitative estimate of drug-likeness (QED) is 0.767. The Labute approximate surface area is 123 Å². The van der Waals surface area contributed by atoms with Crippen LogP contribution in [0.15, 0.2) is 37.7 Å². The second-order valence-electron chi connectivity index (χ2n) is 4.45. The summed E-state index contributed by atoms with van der Waals surface area (Å²) < 4.78 is 11.4. The Morgan fingerprint density at radius 1 is 1.30 bits per heavy atom. The summed E-state index contributed by atoms with van der Waals surface area (Å²) in [6, 6.07) is 7.16. The van der Waals surface area contributed by atoms with Crippen LogP contribution in [0.3, 0.4) is 0 Å². The average Bonchev–Trinajstić information content (AvgIpc) is 2.93. The molecule has 3 aromatic rings. The molecular weight excluding hydrogens is 324 g/mol. The van der Waals surface area contributed by atoms with Crippen LogP contribution in [0.5, 0.6) is 0 Å². The summed E-state index contributed by atoms with van der Waals surface area (Å²) >= 11 is 3.37. The number of furan rings is 1. The van der Waals surface area contributed by atoms with E-state index in [1.165, 1.54) is 0 Å². The van der Waals surface area contributed by atoms with E-state index in [0.29, 0.717) is 22.4 Å². The zero-order valence-corrected chi connectivity index (χ0v) is 12.4. The Morgan fingerprint density at radius 2 is 2.10 bits per heavy atom. The Hall–Kier alpha value is -2.08. The number of nitrogens with zero attached hydrogens (tertiary/aromatic N) is 1. The largest absolute Gasteiger partial charge is 0.464 e. The Balaban J connectivity index is 1.96. The van der Waals surface area contributed by atoms with Crippen LogP contribution >= 0.6 is 15.9 Å². The van der Waals surface area contributed by atoms with E-state index in [2.05, 4.69) is 26.4 Å². The van der Waals surface area contributed by atoms with Crippen molar-refractivity contribution in [2.24, 2.45) is 0 Å². The number of carbonyl (C=O) groups excluding carboxylic acids is 1. The Kier molecular flexibility index (Phi) is 3.10. The van der Waals surface area contributed by atoms with Gasteiger partial charge >= 0.3 is 0 Å². The monoisotopic (exact) mass is 334 g/mol. The predicted molar refractivity (Wildman–Crippen MR) is 77.8 cm³/mol. The summed E-state index contributed by atoms with van der Waals surface area (Å²) in [5.41, 5.74) is 1.46. The van der Waals surface area contributed by atoms with Crippen molar-refractivity contribution < 1.29 is 13.7 Å². The van der Waals surface area contributed by atoms with Crippen LogP contribution in [0.4, 0.5) is 5.69 Å². The molecule has 0 radical (unpaired) electrons. The number of aromatic nitrogens is 1. The third kappa shape index (κ3) is 2.22. The molecule has 0 aliphatic rings. The lowest BCUT2D eigenvalue weighted by atomic mass is 10.2. The Morgan fingerprint density at radius 3 is 2.80 bits per heavy atom. The highest BCUT2D eigenvalue weighted by molar-refractivity contribution is 9.10. The van der Waals surface area contributed by atoms with E-state index in [9.17, 15) is 4.79 Å². The number of halogens is 1. The van der Waals surface area contributed by atoms with Gasteiger partial charge in [0.2, 0.25) is 0 Å². The van der Waals surface area contributed by atoms with E-state index in [-0.39, 0.29) is 11.6 Å². The van der Waals surface area contributed by atoms with Crippen molar-refractivity contribution in [1.29, 1.82) is 0 Å². The number of amides is 1. The predicted octanol–water partition coefficient (Wildman–Crippen LogP) is 4.05. The number of aryl methyl sites for hydroxylation is 2. The summed E-state index contributed by atoms with van der Waals surface area (Å²) in [4.78, 5) is 12.3. The molecular formula is C14H11BrN2O3. The first-order chi connectivity index (χ1) is 9.54. The van der Waals surface area contributed by atoms with Crippen molar-refractivity contribution in [3.8, 4) is 0 Å². The van der Waals surface area contributed by atoms with Gasteiger partial charge in [0.25, 0.3) is 5.91 Å². The topological polar surface area (TPSA) is 68.3 Å². The zero-order valence-electron chi connectivity index (χ0n) is 10.9. The van der Waals surface area contributed by atoms with Gasteiger partial charge in [-0.15, -0.1) is 0 Å². The number of fused-ring (bicyclic) bond motifs is 1. The fraction of sp³-hybridized carbons (Fsp3) is 0.143. The number of carbonyl (C=O) groups is 1. The van der Waals surface area contributed by atoms with Crippen molar-refractivity contribution in [1.82, 2.24) is 5.16 Å². The van der Waals surface area contributed by atoms with Crippen LogP contribution in [-0.2, 0) is 0 Å². The van der Waals surface area contributed by atoms with Crippen LogP contribution in [0.2, 0.25) is 0 Å². The number of hydrogen-bond donors (Lipinski definition) is 1. The smallest absolute Gasteiger partial charge is 0.278 e. The molecule has 1 N–H and O–H groups in total. The summed E-state index contributed by atoms with van der Waals surface area (Å²) in [7, 11) is 0. The minimum Gasteiger partial charge on any atom is -0.464 e. The van der Waals surface area contributed by atoms with E-state index in [4.69, 9.17) is 8.94 Å². The fourth-order valence-corrected chi connectivity index (χ4v) is 2.37. The summed E-state index contributed by atoms with van der Waals surface area (Å²) in [6.45, 7) is 3.62. The molecule has 2 heterocycles. The van der Waals surface area contributed by atoms with Gasteiger partial charge in [-0.05, 0) is 32.0 Å². The van der Waals surface area contributed by atoms with Crippen LogP contribution < -0.4 is 5.32 Å². The Bertz CT molecular complexity index is 804. The van der Waals surface area contributed by atoms with Gasteiger partial charge < -0.3 is 14.3 Å². The van der Waals surface area contributed by atoms with Gasteiger partial charge in [0.05, 0.1) is 11.1 Å². The lowest BCUT2D eigenvalue weighted by molar-refractivity contribution is 0.101. The number of nitrogens with one attached hydrogen (secondary N) is 1. The second-order valence-corrected chi connectivity index (χ2v) is 5.37. The minimum atomic E-state index is -0.328. The van der Waals surface area contributed by atoms with Crippen LogP contribution in [-0.4, -0.2) is 11.1 Å².